The topological polar surface area (TPSA) is 56.5 Å². The maximum atomic E-state index is 11.7. The van der Waals surface area contributed by atoms with E-state index in [0.29, 0.717) is 19.3 Å². The summed E-state index contributed by atoms with van der Waals surface area (Å²) >= 11 is 0. The molecule has 0 fully saturated rings. The highest BCUT2D eigenvalue weighted by Gasteiger charge is 2.15. The number of Topliss-reactive ketones (excluding diaryl/α,β-unsaturated/α-hetero) is 1. The van der Waals surface area contributed by atoms with E-state index >= 15 is 0 Å². The second kappa shape index (κ2) is 10.2. The Morgan fingerprint density at radius 2 is 2.05 bits per heavy atom. The van der Waals surface area contributed by atoms with Gasteiger partial charge in [0.05, 0.1) is 19.3 Å². The second-order valence-corrected chi connectivity index (χ2v) is 5.35. The average Bonchev–Trinajstić information content (AvgIpc) is 3.01. The highest BCUT2D eigenvalue weighted by Crippen LogP contribution is 2.16. The first-order valence-electron chi connectivity index (χ1n) is 7.79. The Balaban J connectivity index is 2.05. The van der Waals surface area contributed by atoms with Crippen LogP contribution in [0, 0.1) is 5.92 Å². The Labute approximate surface area is 126 Å². The molecule has 1 aromatic rings. The molecule has 0 radical (unpaired) electrons. The Hall–Kier alpha value is -1.58. The van der Waals surface area contributed by atoms with Gasteiger partial charge in [0, 0.05) is 19.3 Å². The molecule has 4 nitrogen and oxygen atoms in total. The summed E-state index contributed by atoms with van der Waals surface area (Å²) in [4.78, 5) is 23.2. The Kier molecular flexibility index (Phi) is 8.48. The Bertz CT molecular complexity index is 408. The molecule has 1 unspecified atom stereocenters. The van der Waals surface area contributed by atoms with Gasteiger partial charge in [0.2, 0.25) is 0 Å². The largest absolute Gasteiger partial charge is 0.469 e. The maximum absolute atomic E-state index is 11.7. The molecule has 0 bridgehead atoms. The molecule has 118 valence electrons. The lowest BCUT2D eigenvalue weighted by molar-refractivity contribution is -0.145. The van der Waals surface area contributed by atoms with Crippen molar-refractivity contribution in [3.05, 3.63) is 24.2 Å². The molecule has 1 aromatic heterocycles. The first kappa shape index (κ1) is 17.5. The van der Waals surface area contributed by atoms with E-state index in [9.17, 15) is 9.59 Å². The van der Waals surface area contributed by atoms with Crippen LogP contribution in [0.2, 0.25) is 0 Å². The predicted molar refractivity (Wildman–Crippen MR) is 80.9 cm³/mol. The number of methoxy groups -OCH3 is 1. The van der Waals surface area contributed by atoms with Crippen molar-refractivity contribution < 1.29 is 18.7 Å². The van der Waals surface area contributed by atoms with Gasteiger partial charge in [0.1, 0.15) is 11.5 Å². The third kappa shape index (κ3) is 7.11. The number of ether oxygens (including phenoxy) is 1. The van der Waals surface area contributed by atoms with Gasteiger partial charge < -0.3 is 9.15 Å². The normalized spacial score (nSPS) is 12.1. The molecule has 0 amide bonds. The van der Waals surface area contributed by atoms with Crippen LogP contribution < -0.4 is 0 Å². The van der Waals surface area contributed by atoms with Gasteiger partial charge in [0.15, 0.2) is 0 Å². The fraction of sp³-hybridized carbons (Fsp3) is 0.647. The lowest BCUT2D eigenvalue weighted by Gasteiger charge is -2.11. The monoisotopic (exact) mass is 294 g/mol. The predicted octanol–water partition coefficient (Wildman–Crippen LogP) is 3.93. The first-order valence-corrected chi connectivity index (χ1v) is 7.79. The molecule has 1 rings (SSSR count). The smallest absolute Gasteiger partial charge is 0.308 e. The van der Waals surface area contributed by atoms with Crippen molar-refractivity contribution in [2.45, 2.75) is 58.3 Å². The summed E-state index contributed by atoms with van der Waals surface area (Å²) in [5, 5.41) is 0. The minimum Gasteiger partial charge on any atom is -0.469 e. The van der Waals surface area contributed by atoms with Crippen molar-refractivity contribution in [2.75, 3.05) is 7.11 Å². The number of carbonyl (C=O) groups excluding carboxylic acids is 2. The van der Waals surface area contributed by atoms with E-state index in [2.05, 4.69) is 0 Å². The molecule has 0 aromatic carbocycles. The second-order valence-electron chi connectivity index (χ2n) is 5.35. The summed E-state index contributed by atoms with van der Waals surface area (Å²) in [6, 6.07) is 3.73. The van der Waals surface area contributed by atoms with Crippen LogP contribution in [-0.4, -0.2) is 18.9 Å². The van der Waals surface area contributed by atoms with Crippen molar-refractivity contribution in [3.63, 3.8) is 0 Å². The maximum Gasteiger partial charge on any atom is 0.308 e. The number of unbranched alkanes of at least 4 members (excludes halogenated alkanes) is 2. The molecular formula is C17H26O4. The van der Waals surface area contributed by atoms with Gasteiger partial charge in [0.25, 0.3) is 0 Å². The van der Waals surface area contributed by atoms with Crippen LogP contribution in [-0.2, 0) is 20.7 Å². The van der Waals surface area contributed by atoms with Crippen LogP contribution in [0.3, 0.4) is 0 Å². The number of esters is 1. The van der Waals surface area contributed by atoms with E-state index in [4.69, 9.17) is 9.15 Å². The summed E-state index contributed by atoms with van der Waals surface area (Å²) in [6.45, 7) is 2.00. The Morgan fingerprint density at radius 3 is 2.67 bits per heavy atom. The van der Waals surface area contributed by atoms with Crippen molar-refractivity contribution in [1.29, 1.82) is 0 Å². The Morgan fingerprint density at radius 1 is 1.24 bits per heavy atom. The van der Waals surface area contributed by atoms with E-state index in [0.717, 1.165) is 37.9 Å². The van der Waals surface area contributed by atoms with Gasteiger partial charge >= 0.3 is 5.97 Å². The SMILES string of the molecule is CCC(CCCCCC(=O)CCc1ccco1)C(=O)OC. The molecular weight excluding hydrogens is 268 g/mol. The molecule has 1 atom stereocenters. The zero-order chi connectivity index (χ0) is 15.5. The molecule has 0 aliphatic heterocycles. The number of aryl methyl sites for hydroxylation is 1. The summed E-state index contributed by atoms with van der Waals surface area (Å²) in [5.74, 6) is 1.04. The highest BCUT2D eigenvalue weighted by atomic mass is 16.5. The standard InChI is InChI=1S/C17H26O4/c1-3-14(17(19)20-2)8-5-4-6-9-15(18)11-12-16-10-7-13-21-16/h7,10,13-14H,3-6,8-9,11-12H2,1-2H3. The van der Waals surface area contributed by atoms with Gasteiger partial charge in [-0.15, -0.1) is 0 Å². The first-order chi connectivity index (χ1) is 10.2. The van der Waals surface area contributed by atoms with Crippen LogP contribution in [0.5, 0.6) is 0 Å². The van der Waals surface area contributed by atoms with Gasteiger partial charge in [-0.3, -0.25) is 9.59 Å². The minimum atomic E-state index is -0.118. The summed E-state index contributed by atoms with van der Waals surface area (Å²) in [7, 11) is 1.43. The van der Waals surface area contributed by atoms with Crippen molar-refractivity contribution in [3.8, 4) is 0 Å². The highest BCUT2D eigenvalue weighted by molar-refractivity contribution is 5.78. The molecule has 0 N–H and O–H groups in total. The van der Waals surface area contributed by atoms with E-state index in [1.54, 1.807) is 6.26 Å². The van der Waals surface area contributed by atoms with Gasteiger partial charge in [-0.25, -0.2) is 0 Å². The number of hydrogen-bond donors (Lipinski definition) is 0. The van der Waals surface area contributed by atoms with E-state index < -0.39 is 0 Å². The zero-order valence-corrected chi connectivity index (χ0v) is 13.1. The van der Waals surface area contributed by atoms with E-state index in [1.807, 2.05) is 19.1 Å². The van der Waals surface area contributed by atoms with Crippen LogP contribution in [0.15, 0.2) is 22.8 Å². The molecule has 0 saturated carbocycles. The van der Waals surface area contributed by atoms with Gasteiger partial charge in [-0.05, 0) is 31.4 Å². The quantitative estimate of drug-likeness (QED) is 0.458. The van der Waals surface area contributed by atoms with Crippen LogP contribution in [0.4, 0.5) is 0 Å². The van der Waals surface area contributed by atoms with Crippen LogP contribution in [0.1, 0.15) is 57.6 Å². The molecule has 0 aliphatic carbocycles. The third-order valence-corrected chi connectivity index (χ3v) is 3.77. The van der Waals surface area contributed by atoms with Gasteiger partial charge in [-0.1, -0.05) is 19.8 Å². The van der Waals surface area contributed by atoms with Gasteiger partial charge in [-0.2, -0.15) is 0 Å². The summed E-state index contributed by atoms with van der Waals surface area (Å²) < 4.78 is 9.97. The number of ketones is 1. The zero-order valence-electron chi connectivity index (χ0n) is 13.1. The number of carbonyl (C=O) groups is 2. The van der Waals surface area contributed by atoms with Crippen LogP contribution >= 0.6 is 0 Å². The molecule has 4 heteroatoms. The minimum absolute atomic E-state index is 0.00431. The molecule has 0 saturated heterocycles. The number of hydrogen-bond acceptors (Lipinski definition) is 4. The fourth-order valence-electron chi connectivity index (χ4n) is 2.39. The molecule has 0 spiro atoms. The molecule has 21 heavy (non-hydrogen) atoms. The van der Waals surface area contributed by atoms with E-state index in [1.165, 1.54) is 7.11 Å². The van der Waals surface area contributed by atoms with Crippen LogP contribution in [0.25, 0.3) is 0 Å². The fourth-order valence-corrected chi connectivity index (χ4v) is 2.39. The molecule has 1 heterocycles. The number of furan rings is 1. The third-order valence-electron chi connectivity index (χ3n) is 3.77. The molecule has 0 aliphatic rings. The van der Waals surface area contributed by atoms with Crippen molar-refractivity contribution in [2.24, 2.45) is 5.92 Å². The van der Waals surface area contributed by atoms with Crippen molar-refractivity contribution >= 4 is 11.8 Å². The summed E-state index contributed by atoms with van der Waals surface area (Å²) in [5.41, 5.74) is 0. The lowest BCUT2D eigenvalue weighted by Crippen LogP contribution is -2.15. The van der Waals surface area contributed by atoms with Crippen molar-refractivity contribution in [1.82, 2.24) is 0 Å². The average molecular weight is 294 g/mol. The lowest BCUT2D eigenvalue weighted by atomic mass is 9.97. The number of rotatable bonds is 11. The van der Waals surface area contributed by atoms with E-state index in [-0.39, 0.29) is 17.7 Å². The summed E-state index contributed by atoms with van der Waals surface area (Å²) in [6.07, 6.45) is 8.01.